The average molecular weight is 429 g/mol. The molecule has 31 heavy (non-hydrogen) atoms. The molecular formula is C25H36N2O4. The van der Waals surface area contributed by atoms with E-state index in [1.807, 2.05) is 81.4 Å². The number of nitrogens with two attached hydrogens (primary N) is 1. The van der Waals surface area contributed by atoms with Crippen molar-refractivity contribution in [2.24, 2.45) is 5.73 Å². The van der Waals surface area contributed by atoms with E-state index in [1.165, 1.54) is 11.1 Å². The summed E-state index contributed by atoms with van der Waals surface area (Å²) in [5.41, 5.74) is 7.57. The number of amides is 1. The number of epoxide rings is 1. The third-order valence-corrected chi connectivity index (χ3v) is 4.74. The highest BCUT2D eigenvalue weighted by atomic mass is 16.6. The Labute approximate surface area is 185 Å². The molecule has 6 heteroatoms. The number of hydrogen-bond acceptors (Lipinski definition) is 5. The molecule has 4 unspecified atom stereocenters. The van der Waals surface area contributed by atoms with Crippen LogP contribution < -0.4 is 11.1 Å². The number of aliphatic hydroxyl groups is 1. The Hall–Kier alpha value is -2.41. The first-order valence-corrected chi connectivity index (χ1v) is 10.8. The van der Waals surface area contributed by atoms with Gasteiger partial charge in [0.1, 0.15) is 11.7 Å². The average Bonchev–Trinajstić information content (AvgIpc) is 3.53. The second kappa shape index (κ2) is 11.8. The van der Waals surface area contributed by atoms with Crippen LogP contribution >= 0.6 is 0 Å². The number of alkyl carbamates (subject to hydrolysis) is 1. The van der Waals surface area contributed by atoms with E-state index in [4.69, 9.17) is 20.3 Å². The van der Waals surface area contributed by atoms with Crippen molar-refractivity contribution in [3.05, 3.63) is 71.8 Å². The minimum Gasteiger partial charge on any atom is -0.444 e. The van der Waals surface area contributed by atoms with Crippen molar-refractivity contribution in [3.8, 4) is 0 Å². The Morgan fingerprint density at radius 2 is 1.58 bits per heavy atom. The molecule has 0 spiro atoms. The lowest BCUT2D eigenvalue weighted by Gasteiger charge is -2.23. The molecule has 0 radical (unpaired) electrons. The van der Waals surface area contributed by atoms with Crippen LogP contribution in [0.2, 0.25) is 0 Å². The molecule has 0 saturated carbocycles. The predicted octanol–water partition coefficient (Wildman–Crippen LogP) is 3.46. The van der Waals surface area contributed by atoms with E-state index in [0.717, 1.165) is 12.8 Å². The molecule has 1 aliphatic heterocycles. The van der Waals surface area contributed by atoms with Crippen LogP contribution in [-0.2, 0) is 22.3 Å². The molecule has 1 aliphatic rings. The summed E-state index contributed by atoms with van der Waals surface area (Å²) >= 11 is 0. The lowest BCUT2D eigenvalue weighted by atomic mass is 10.0. The van der Waals surface area contributed by atoms with E-state index in [1.54, 1.807) is 6.92 Å². The molecular weight excluding hydrogens is 392 g/mol. The normalized spacial score (nSPS) is 18.1. The summed E-state index contributed by atoms with van der Waals surface area (Å²) < 4.78 is 10.6. The minimum atomic E-state index is -0.480. The third-order valence-electron chi connectivity index (χ3n) is 4.74. The molecule has 4 N–H and O–H groups in total. The van der Waals surface area contributed by atoms with E-state index in [-0.39, 0.29) is 24.3 Å². The Kier molecular flexibility index (Phi) is 9.49. The van der Waals surface area contributed by atoms with Gasteiger partial charge in [-0.15, -0.1) is 0 Å². The highest BCUT2D eigenvalue weighted by molar-refractivity contribution is 5.68. The molecule has 6 nitrogen and oxygen atoms in total. The molecule has 170 valence electrons. The van der Waals surface area contributed by atoms with Crippen LogP contribution in [0.25, 0.3) is 0 Å². The van der Waals surface area contributed by atoms with Crippen molar-refractivity contribution < 1.29 is 19.4 Å². The summed E-state index contributed by atoms with van der Waals surface area (Å²) in [6.07, 6.45) is 0.769. The fourth-order valence-corrected chi connectivity index (χ4v) is 2.95. The smallest absolute Gasteiger partial charge is 0.407 e. The molecule has 2 aromatic carbocycles. The van der Waals surface area contributed by atoms with Crippen molar-refractivity contribution in [1.82, 2.24) is 5.32 Å². The first-order chi connectivity index (χ1) is 14.6. The van der Waals surface area contributed by atoms with Crippen LogP contribution in [0.5, 0.6) is 0 Å². The number of ether oxygens (including phenoxy) is 2. The first-order valence-electron chi connectivity index (χ1n) is 10.8. The van der Waals surface area contributed by atoms with Gasteiger partial charge in [0, 0.05) is 6.04 Å². The zero-order valence-corrected chi connectivity index (χ0v) is 19.0. The summed E-state index contributed by atoms with van der Waals surface area (Å²) in [6, 6.07) is 19.8. The van der Waals surface area contributed by atoms with Gasteiger partial charge in [0.15, 0.2) is 0 Å². The van der Waals surface area contributed by atoms with Gasteiger partial charge in [-0.25, -0.2) is 4.79 Å². The fraction of sp³-hybridized carbons (Fsp3) is 0.480. The topological polar surface area (TPSA) is 97.1 Å². The highest BCUT2D eigenvalue weighted by Gasteiger charge is 2.34. The van der Waals surface area contributed by atoms with E-state index in [0.29, 0.717) is 6.61 Å². The monoisotopic (exact) mass is 428 g/mol. The molecule has 0 bridgehead atoms. The van der Waals surface area contributed by atoms with Crippen LogP contribution in [0.4, 0.5) is 4.79 Å². The number of nitrogens with one attached hydrogen (secondary N) is 1. The Morgan fingerprint density at radius 3 is 2.00 bits per heavy atom. The summed E-state index contributed by atoms with van der Waals surface area (Å²) in [7, 11) is 0. The lowest BCUT2D eigenvalue weighted by Crippen LogP contribution is -2.43. The summed E-state index contributed by atoms with van der Waals surface area (Å²) in [5, 5.41) is 12.1. The summed E-state index contributed by atoms with van der Waals surface area (Å²) in [5.74, 6) is 0. The molecule has 1 amide bonds. The van der Waals surface area contributed by atoms with E-state index in [9.17, 15) is 4.79 Å². The molecule has 0 aromatic heterocycles. The van der Waals surface area contributed by atoms with E-state index >= 15 is 0 Å². The van der Waals surface area contributed by atoms with Crippen molar-refractivity contribution in [2.75, 3.05) is 6.61 Å². The molecule has 1 heterocycles. The minimum absolute atomic E-state index is 0.0303. The van der Waals surface area contributed by atoms with Gasteiger partial charge in [0.2, 0.25) is 0 Å². The summed E-state index contributed by atoms with van der Waals surface area (Å²) in [6.45, 7) is 7.98. The van der Waals surface area contributed by atoms with Gasteiger partial charge in [-0.1, -0.05) is 60.7 Å². The van der Waals surface area contributed by atoms with Crippen LogP contribution in [0, 0.1) is 0 Å². The Bertz CT molecular complexity index is 771. The van der Waals surface area contributed by atoms with E-state index < -0.39 is 11.7 Å². The number of hydrogen-bond donors (Lipinski definition) is 3. The van der Waals surface area contributed by atoms with Crippen molar-refractivity contribution >= 4 is 6.09 Å². The summed E-state index contributed by atoms with van der Waals surface area (Å²) in [4.78, 5) is 11.8. The van der Waals surface area contributed by atoms with Crippen molar-refractivity contribution in [2.45, 2.75) is 70.4 Å². The largest absolute Gasteiger partial charge is 0.444 e. The second-order valence-electron chi connectivity index (χ2n) is 8.91. The number of benzene rings is 2. The quantitative estimate of drug-likeness (QED) is 0.587. The Morgan fingerprint density at radius 1 is 1.10 bits per heavy atom. The van der Waals surface area contributed by atoms with Gasteiger partial charge >= 0.3 is 6.09 Å². The van der Waals surface area contributed by atoms with Crippen molar-refractivity contribution in [3.63, 3.8) is 0 Å². The maximum atomic E-state index is 11.8. The third kappa shape index (κ3) is 10.4. The number of carbonyl (C=O) groups excluding carboxylic acids is 1. The first kappa shape index (κ1) is 24.9. The molecule has 1 saturated heterocycles. The molecule has 4 atom stereocenters. The molecule has 3 rings (SSSR count). The number of rotatable bonds is 7. The van der Waals surface area contributed by atoms with Gasteiger partial charge in [0.25, 0.3) is 0 Å². The van der Waals surface area contributed by atoms with Gasteiger partial charge in [-0.05, 0) is 51.7 Å². The predicted molar refractivity (Wildman–Crippen MR) is 123 cm³/mol. The van der Waals surface area contributed by atoms with Crippen LogP contribution in [0.15, 0.2) is 60.7 Å². The maximum Gasteiger partial charge on any atom is 0.407 e. The second-order valence-corrected chi connectivity index (χ2v) is 8.91. The molecule has 0 aliphatic carbocycles. The fourth-order valence-electron chi connectivity index (χ4n) is 2.95. The lowest BCUT2D eigenvalue weighted by molar-refractivity contribution is 0.0495. The molecule has 1 fully saturated rings. The van der Waals surface area contributed by atoms with Crippen LogP contribution in [0.1, 0.15) is 38.8 Å². The Balaban J connectivity index is 0.000000245. The zero-order valence-electron chi connectivity index (χ0n) is 19.0. The van der Waals surface area contributed by atoms with Gasteiger partial charge in [-0.2, -0.15) is 0 Å². The number of carbonyl (C=O) groups is 1. The SMILES string of the molecule is CC(C)(C)OC(=O)NC(Cc1ccccc1)C1CO1.CC(O)C(N)Cc1ccccc1. The van der Waals surface area contributed by atoms with Gasteiger partial charge < -0.3 is 25.6 Å². The highest BCUT2D eigenvalue weighted by Crippen LogP contribution is 2.19. The van der Waals surface area contributed by atoms with Gasteiger partial charge in [0.05, 0.1) is 18.8 Å². The van der Waals surface area contributed by atoms with E-state index in [2.05, 4.69) is 5.32 Å². The standard InChI is InChI=1S/C15H21NO3.C10H15NO/c1-15(2,3)19-14(17)16-12(13-10-18-13)9-11-7-5-4-6-8-11;1-8(12)10(11)7-9-5-3-2-4-6-9/h4-8,12-13H,9-10H2,1-3H3,(H,16,17);2-6,8,10,12H,7,11H2,1H3. The molecule has 2 aromatic rings. The maximum absolute atomic E-state index is 11.8. The van der Waals surface area contributed by atoms with Crippen molar-refractivity contribution in [1.29, 1.82) is 0 Å². The number of aliphatic hydroxyl groups excluding tert-OH is 1. The van der Waals surface area contributed by atoms with Gasteiger partial charge in [-0.3, -0.25) is 0 Å². The van der Waals surface area contributed by atoms with Crippen LogP contribution in [0.3, 0.4) is 0 Å². The zero-order chi connectivity index (χ0) is 22.9. The van der Waals surface area contributed by atoms with Crippen LogP contribution in [-0.4, -0.2) is 47.7 Å².